The Labute approximate surface area is 153 Å². The quantitative estimate of drug-likeness (QED) is 0.486. The van der Waals surface area contributed by atoms with Crippen molar-refractivity contribution in [3.8, 4) is 5.88 Å². The lowest BCUT2D eigenvalue weighted by atomic mass is 10.2. The molecule has 10 nitrogen and oxygen atoms in total. The lowest BCUT2D eigenvalue weighted by Crippen LogP contribution is -2.38. The normalized spacial score (nSPS) is 12.2. The van der Waals surface area contributed by atoms with Crippen LogP contribution < -0.4 is 17.0 Å². The highest BCUT2D eigenvalue weighted by atomic mass is 16.3. The number of aromatic hydroxyl groups is 1. The first-order valence-electron chi connectivity index (χ1n) is 7.90. The number of aliphatic imine (C=N–C) groups is 2. The molecule has 27 heavy (non-hydrogen) atoms. The van der Waals surface area contributed by atoms with Gasteiger partial charge in [-0.05, 0) is 13.0 Å². The van der Waals surface area contributed by atoms with E-state index in [1.807, 2.05) is 31.2 Å². The van der Waals surface area contributed by atoms with E-state index in [0.717, 1.165) is 26.4 Å². The van der Waals surface area contributed by atoms with Crippen molar-refractivity contribution >= 4 is 29.0 Å². The molecule has 2 heterocycles. The Morgan fingerprint density at radius 3 is 2.63 bits per heavy atom. The summed E-state index contributed by atoms with van der Waals surface area (Å²) in [6.45, 7) is 1.83. The van der Waals surface area contributed by atoms with Gasteiger partial charge in [-0.3, -0.25) is 13.9 Å². The maximum atomic E-state index is 12.1. The van der Waals surface area contributed by atoms with Crippen LogP contribution in [0.15, 0.2) is 43.8 Å². The van der Waals surface area contributed by atoms with Crippen molar-refractivity contribution < 1.29 is 5.11 Å². The summed E-state index contributed by atoms with van der Waals surface area (Å²) < 4.78 is 1.77. The first-order valence-corrected chi connectivity index (χ1v) is 7.90. The highest BCUT2D eigenvalue weighted by Crippen LogP contribution is 2.17. The van der Waals surface area contributed by atoms with Gasteiger partial charge in [0.2, 0.25) is 11.8 Å². The van der Waals surface area contributed by atoms with E-state index in [2.05, 4.69) is 20.0 Å². The summed E-state index contributed by atoms with van der Waals surface area (Å²) in [5.41, 5.74) is 5.67. The minimum atomic E-state index is -0.704. The van der Waals surface area contributed by atoms with Crippen LogP contribution in [0.5, 0.6) is 5.88 Å². The minimum Gasteiger partial charge on any atom is -0.494 e. The van der Waals surface area contributed by atoms with E-state index in [1.165, 1.54) is 14.1 Å². The maximum Gasteiger partial charge on any atom is 0.333 e. The van der Waals surface area contributed by atoms with Crippen LogP contribution in [0.25, 0.3) is 10.9 Å². The van der Waals surface area contributed by atoms with E-state index in [-0.39, 0.29) is 17.5 Å². The molecular formula is C17H17N7O3. The molecule has 0 saturated carbocycles. The molecule has 0 aliphatic rings. The number of rotatable bonds is 2. The molecule has 0 spiro atoms. The zero-order chi connectivity index (χ0) is 19.7. The number of benzene rings is 1. The molecule has 2 aromatic heterocycles. The molecule has 1 aromatic carbocycles. The molecule has 0 saturated heterocycles. The lowest BCUT2D eigenvalue weighted by Gasteiger charge is -2.06. The zero-order valence-electron chi connectivity index (χ0n) is 14.9. The van der Waals surface area contributed by atoms with Crippen LogP contribution in [0.1, 0.15) is 11.3 Å². The van der Waals surface area contributed by atoms with E-state index in [9.17, 15) is 14.7 Å². The van der Waals surface area contributed by atoms with Crippen molar-refractivity contribution in [2.45, 2.75) is 6.92 Å². The number of aromatic nitrogens is 4. The van der Waals surface area contributed by atoms with Gasteiger partial charge in [0.25, 0.3) is 11.5 Å². The molecule has 0 unspecified atom stereocenters. The second-order valence-corrected chi connectivity index (χ2v) is 5.80. The van der Waals surface area contributed by atoms with E-state index in [4.69, 9.17) is 5.73 Å². The van der Waals surface area contributed by atoms with Crippen LogP contribution in [0.3, 0.4) is 0 Å². The summed E-state index contributed by atoms with van der Waals surface area (Å²) in [5, 5.41) is 10.9. The van der Waals surface area contributed by atoms with E-state index >= 15 is 0 Å². The number of guanidine groups is 1. The molecule has 0 fully saturated rings. The Bertz CT molecular complexity index is 1220. The predicted molar refractivity (Wildman–Crippen MR) is 102 cm³/mol. The van der Waals surface area contributed by atoms with Gasteiger partial charge in [0, 0.05) is 25.7 Å². The fraction of sp³-hybridized carbons (Fsp3) is 0.176. The summed E-state index contributed by atoms with van der Waals surface area (Å²) >= 11 is 0. The van der Waals surface area contributed by atoms with Crippen LogP contribution in [-0.4, -0.2) is 36.4 Å². The van der Waals surface area contributed by atoms with E-state index in [1.54, 1.807) is 0 Å². The second-order valence-electron chi connectivity index (χ2n) is 5.80. The first-order chi connectivity index (χ1) is 12.8. The van der Waals surface area contributed by atoms with Crippen molar-refractivity contribution in [2.24, 2.45) is 29.8 Å². The standard InChI is InChI=1S/C17H17N7O3/c1-9-10-6-4-5-7-12(10)21-16(20-9)22-15(18)19-8-11-13(25)23(2)17(27)24(3)14(11)26/h4-8,25H,1-3H3,(H2,18,20,21,22). The fourth-order valence-electron chi connectivity index (χ4n) is 2.50. The van der Waals surface area contributed by atoms with E-state index in [0.29, 0.717) is 5.52 Å². The molecule has 0 aliphatic carbocycles. The number of nitrogens with two attached hydrogens (primary N) is 1. The summed E-state index contributed by atoms with van der Waals surface area (Å²) in [6.07, 6.45) is 1.05. The average molecular weight is 367 g/mol. The Balaban J connectivity index is 2.00. The van der Waals surface area contributed by atoms with Gasteiger partial charge in [-0.1, -0.05) is 18.2 Å². The van der Waals surface area contributed by atoms with Crippen LogP contribution >= 0.6 is 0 Å². The molecule has 3 rings (SSSR count). The number of aryl methyl sites for hydroxylation is 1. The summed E-state index contributed by atoms with van der Waals surface area (Å²) in [5.74, 6) is -0.601. The molecule has 0 bridgehead atoms. The molecule has 0 amide bonds. The van der Waals surface area contributed by atoms with Gasteiger partial charge in [0.1, 0.15) is 5.56 Å². The largest absolute Gasteiger partial charge is 0.494 e. The third-order valence-electron chi connectivity index (χ3n) is 3.99. The highest BCUT2D eigenvalue weighted by molar-refractivity contribution is 5.94. The van der Waals surface area contributed by atoms with Gasteiger partial charge < -0.3 is 10.8 Å². The van der Waals surface area contributed by atoms with Crippen LogP contribution in [-0.2, 0) is 14.1 Å². The monoisotopic (exact) mass is 367 g/mol. The van der Waals surface area contributed by atoms with Gasteiger partial charge in [-0.15, -0.1) is 0 Å². The third-order valence-corrected chi connectivity index (χ3v) is 3.99. The number of fused-ring (bicyclic) bond motifs is 1. The topological polar surface area (TPSA) is 141 Å². The van der Waals surface area contributed by atoms with Crippen molar-refractivity contribution in [3.63, 3.8) is 0 Å². The Kier molecular flexibility index (Phi) is 4.55. The Morgan fingerprint density at radius 1 is 1.19 bits per heavy atom. The van der Waals surface area contributed by atoms with Crippen LogP contribution in [0, 0.1) is 6.92 Å². The summed E-state index contributed by atoms with van der Waals surface area (Å²) in [6, 6.07) is 7.47. The summed E-state index contributed by atoms with van der Waals surface area (Å²) in [4.78, 5) is 40.3. The van der Waals surface area contributed by atoms with Gasteiger partial charge >= 0.3 is 5.69 Å². The molecule has 0 aliphatic heterocycles. The smallest absolute Gasteiger partial charge is 0.333 e. The summed E-state index contributed by atoms with van der Waals surface area (Å²) in [7, 11) is 2.63. The van der Waals surface area contributed by atoms with Crippen LogP contribution in [0.2, 0.25) is 0 Å². The molecular weight excluding hydrogens is 350 g/mol. The highest BCUT2D eigenvalue weighted by Gasteiger charge is 2.13. The molecule has 3 aromatic rings. The molecule has 3 N–H and O–H groups in total. The predicted octanol–water partition coefficient (Wildman–Crippen LogP) is 0.107. The molecule has 138 valence electrons. The van der Waals surface area contributed by atoms with Crippen LogP contribution in [0.4, 0.5) is 5.95 Å². The van der Waals surface area contributed by atoms with Gasteiger partial charge in [0.15, 0.2) is 0 Å². The van der Waals surface area contributed by atoms with Crippen molar-refractivity contribution in [2.75, 3.05) is 0 Å². The van der Waals surface area contributed by atoms with Gasteiger partial charge in [-0.25, -0.2) is 19.8 Å². The van der Waals surface area contributed by atoms with Gasteiger partial charge in [0.05, 0.1) is 11.2 Å². The van der Waals surface area contributed by atoms with Crippen molar-refractivity contribution in [3.05, 3.63) is 56.4 Å². The molecule has 10 heteroatoms. The lowest BCUT2D eigenvalue weighted by molar-refractivity contribution is 0.410. The average Bonchev–Trinajstić information content (AvgIpc) is 2.65. The molecule has 0 atom stereocenters. The Morgan fingerprint density at radius 2 is 1.89 bits per heavy atom. The third kappa shape index (κ3) is 3.32. The second kappa shape index (κ2) is 6.83. The van der Waals surface area contributed by atoms with Crippen molar-refractivity contribution in [1.29, 1.82) is 0 Å². The van der Waals surface area contributed by atoms with Crippen molar-refractivity contribution in [1.82, 2.24) is 19.1 Å². The number of hydrogen-bond donors (Lipinski definition) is 2. The number of hydrogen-bond acceptors (Lipinski definition) is 6. The SMILES string of the molecule is Cc1nc(N=C(N)N=Cc2c(O)n(C)c(=O)n(C)c2=O)nc2ccccc12. The number of para-hydroxylation sites is 1. The number of nitrogens with zero attached hydrogens (tertiary/aromatic N) is 6. The Hall–Kier alpha value is -3.82. The first kappa shape index (κ1) is 18.0. The fourth-order valence-corrected chi connectivity index (χ4v) is 2.50. The van der Waals surface area contributed by atoms with E-state index < -0.39 is 17.1 Å². The molecule has 0 radical (unpaired) electrons. The maximum absolute atomic E-state index is 12.1. The van der Waals surface area contributed by atoms with Gasteiger partial charge in [-0.2, -0.15) is 4.99 Å². The zero-order valence-corrected chi connectivity index (χ0v) is 14.9. The minimum absolute atomic E-state index is 0.124.